The fraction of sp³-hybridized carbons (Fsp3) is 0.200. The van der Waals surface area contributed by atoms with Crippen LogP contribution in [0.3, 0.4) is 0 Å². The SMILES string of the molecule is CC(=O)NS(=O)(=O)CCNC(=O)c1ccc2ccccc2c1. The van der Waals surface area contributed by atoms with Crippen LogP contribution >= 0.6 is 0 Å². The lowest BCUT2D eigenvalue weighted by atomic mass is 10.1. The largest absolute Gasteiger partial charge is 0.351 e. The Balaban J connectivity index is 1.98. The van der Waals surface area contributed by atoms with Gasteiger partial charge >= 0.3 is 0 Å². The van der Waals surface area contributed by atoms with Gasteiger partial charge in [-0.05, 0) is 22.9 Å². The Morgan fingerprint density at radius 1 is 1.05 bits per heavy atom. The van der Waals surface area contributed by atoms with E-state index in [1.165, 1.54) is 0 Å². The van der Waals surface area contributed by atoms with Crippen molar-refractivity contribution < 1.29 is 18.0 Å². The van der Waals surface area contributed by atoms with Crippen molar-refractivity contribution in [3.05, 3.63) is 48.0 Å². The number of nitrogens with one attached hydrogen (secondary N) is 2. The summed E-state index contributed by atoms with van der Waals surface area (Å²) < 4.78 is 24.7. The van der Waals surface area contributed by atoms with Crippen LogP contribution in [0.5, 0.6) is 0 Å². The van der Waals surface area contributed by atoms with E-state index >= 15 is 0 Å². The van der Waals surface area contributed by atoms with Gasteiger partial charge < -0.3 is 5.32 Å². The maximum Gasteiger partial charge on any atom is 0.251 e. The van der Waals surface area contributed by atoms with Crippen LogP contribution in [0.1, 0.15) is 17.3 Å². The van der Waals surface area contributed by atoms with Gasteiger partial charge in [0.25, 0.3) is 5.91 Å². The van der Waals surface area contributed by atoms with Crippen LogP contribution < -0.4 is 10.0 Å². The monoisotopic (exact) mass is 320 g/mol. The number of sulfonamides is 1. The Hall–Kier alpha value is -2.41. The molecule has 2 amide bonds. The number of carbonyl (C=O) groups is 2. The first kappa shape index (κ1) is 16.0. The molecule has 0 bridgehead atoms. The molecule has 0 aliphatic rings. The van der Waals surface area contributed by atoms with Crippen LogP contribution in [-0.4, -0.2) is 32.5 Å². The molecule has 0 heterocycles. The highest BCUT2D eigenvalue weighted by atomic mass is 32.2. The van der Waals surface area contributed by atoms with E-state index in [4.69, 9.17) is 0 Å². The minimum atomic E-state index is -3.71. The summed E-state index contributed by atoms with van der Waals surface area (Å²) in [6.07, 6.45) is 0. The molecule has 2 aromatic rings. The van der Waals surface area contributed by atoms with Gasteiger partial charge in [0.15, 0.2) is 0 Å². The second kappa shape index (κ2) is 6.57. The van der Waals surface area contributed by atoms with Crippen LogP contribution in [0.4, 0.5) is 0 Å². The number of fused-ring (bicyclic) bond motifs is 1. The Labute approximate surface area is 128 Å². The molecule has 0 unspecified atom stereocenters. The molecular formula is C15H16N2O4S. The van der Waals surface area contributed by atoms with Gasteiger partial charge in [0.1, 0.15) is 0 Å². The van der Waals surface area contributed by atoms with Crippen molar-refractivity contribution in [3.63, 3.8) is 0 Å². The number of amides is 2. The van der Waals surface area contributed by atoms with Gasteiger partial charge in [-0.25, -0.2) is 8.42 Å². The van der Waals surface area contributed by atoms with Crippen molar-refractivity contribution in [2.75, 3.05) is 12.3 Å². The molecule has 0 saturated carbocycles. The van der Waals surface area contributed by atoms with E-state index in [1.54, 1.807) is 12.1 Å². The van der Waals surface area contributed by atoms with Crippen molar-refractivity contribution in [1.29, 1.82) is 0 Å². The molecule has 116 valence electrons. The van der Waals surface area contributed by atoms with E-state index in [0.717, 1.165) is 17.7 Å². The van der Waals surface area contributed by atoms with E-state index in [0.29, 0.717) is 5.56 Å². The lowest BCUT2D eigenvalue weighted by Crippen LogP contribution is -2.36. The summed E-state index contributed by atoms with van der Waals surface area (Å²) in [6.45, 7) is 1.04. The summed E-state index contributed by atoms with van der Waals surface area (Å²) in [6, 6.07) is 12.9. The molecule has 0 aromatic heterocycles. The molecule has 2 aromatic carbocycles. The van der Waals surface area contributed by atoms with Crippen molar-refractivity contribution >= 4 is 32.6 Å². The molecular weight excluding hydrogens is 304 g/mol. The first-order chi connectivity index (χ1) is 10.4. The molecule has 0 spiro atoms. The highest BCUT2D eigenvalue weighted by molar-refractivity contribution is 7.90. The minimum absolute atomic E-state index is 0.0751. The van der Waals surface area contributed by atoms with Crippen LogP contribution in [0.15, 0.2) is 42.5 Å². The van der Waals surface area contributed by atoms with Crippen molar-refractivity contribution in [2.24, 2.45) is 0 Å². The summed E-state index contributed by atoms with van der Waals surface area (Å²) in [4.78, 5) is 22.7. The van der Waals surface area contributed by atoms with E-state index in [-0.39, 0.29) is 18.2 Å². The maximum atomic E-state index is 12.0. The predicted octanol–water partition coefficient (Wildman–Crippen LogP) is 1.04. The van der Waals surface area contributed by atoms with Crippen LogP contribution in [0.2, 0.25) is 0 Å². The first-order valence-electron chi connectivity index (χ1n) is 6.65. The summed E-state index contributed by atoms with van der Waals surface area (Å²) >= 11 is 0. The van der Waals surface area contributed by atoms with E-state index < -0.39 is 15.9 Å². The number of hydrogen-bond donors (Lipinski definition) is 2. The van der Waals surface area contributed by atoms with Crippen molar-refractivity contribution in [3.8, 4) is 0 Å². The zero-order valence-corrected chi connectivity index (χ0v) is 12.8. The standard InChI is InChI=1S/C15H16N2O4S/c1-11(18)17-22(20,21)9-8-16-15(19)14-7-6-12-4-2-3-5-13(12)10-14/h2-7,10H,8-9H2,1H3,(H,16,19)(H,17,18). The molecule has 0 aliphatic heterocycles. The quantitative estimate of drug-likeness (QED) is 0.861. The summed E-state index contributed by atoms with van der Waals surface area (Å²) in [5.74, 6) is -1.36. The number of carbonyl (C=O) groups excluding carboxylic acids is 2. The third-order valence-electron chi connectivity index (χ3n) is 2.97. The highest BCUT2D eigenvalue weighted by Crippen LogP contribution is 2.15. The Morgan fingerprint density at radius 3 is 2.41 bits per heavy atom. The van der Waals surface area contributed by atoms with Gasteiger partial charge in [-0.2, -0.15) is 0 Å². The van der Waals surface area contributed by atoms with E-state index in [9.17, 15) is 18.0 Å². The smallest absolute Gasteiger partial charge is 0.251 e. The molecule has 0 fully saturated rings. The summed E-state index contributed by atoms with van der Waals surface area (Å²) in [7, 11) is -3.71. The fourth-order valence-corrected chi connectivity index (χ4v) is 2.91. The van der Waals surface area contributed by atoms with E-state index in [1.807, 2.05) is 35.1 Å². The zero-order valence-electron chi connectivity index (χ0n) is 12.0. The number of benzene rings is 2. The van der Waals surface area contributed by atoms with Crippen LogP contribution in [-0.2, 0) is 14.8 Å². The topological polar surface area (TPSA) is 92.3 Å². The second-order valence-corrected chi connectivity index (χ2v) is 6.64. The normalized spacial score (nSPS) is 11.1. The van der Waals surface area contributed by atoms with Gasteiger partial charge in [-0.3, -0.25) is 14.3 Å². The Bertz CT molecular complexity index is 815. The molecule has 0 radical (unpaired) electrons. The molecule has 2 N–H and O–H groups in total. The molecule has 2 rings (SSSR count). The molecule has 7 heteroatoms. The van der Waals surface area contributed by atoms with Crippen molar-refractivity contribution in [2.45, 2.75) is 6.92 Å². The average Bonchev–Trinajstić information content (AvgIpc) is 2.45. The molecule has 22 heavy (non-hydrogen) atoms. The Kier molecular flexibility index (Phi) is 4.77. The lowest BCUT2D eigenvalue weighted by Gasteiger charge is -2.07. The number of rotatable bonds is 5. The summed E-state index contributed by atoms with van der Waals surface area (Å²) in [5, 5.41) is 4.48. The number of hydrogen-bond acceptors (Lipinski definition) is 4. The van der Waals surface area contributed by atoms with E-state index in [2.05, 4.69) is 5.32 Å². The fourth-order valence-electron chi connectivity index (χ4n) is 2.00. The predicted molar refractivity (Wildman–Crippen MR) is 83.9 cm³/mol. The third kappa shape index (κ3) is 4.29. The Morgan fingerprint density at radius 2 is 1.73 bits per heavy atom. The van der Waals surface area contributed by atoms with Crippen LogP contribution in [0, 0.1) is 0 Å². The molecule has 0 saturated heterocycles. The van der Waals surface area contributed by atoms with Gasteiger partial charge in [-0.1, -0.05) is 30.3 Å². The van der Waals surface area contributed by atoms with Gasteiger partial charge in [0.05, 0.1) is 5.75 Å². The molecule has 6 nitrogen and oxygen atoms in total. The third-order valence-corrected chi connectivity index (χ3v) is 4.31. The summed E-state index contributed by atoms with van der Waals surface area (Å²) in [5.41, 5.74) is 0.454. The first-order valence-corrected chi connectivity index (χ1v) is 8.31. The highest BCUT2D eigenvalue weighted by Gasteiger charge is 2.13. The van der Waals surface area contributed by atoms with Gasteiger partial charge in [-0.15, -0.1) is 0 Å². The zero-order chi connectivity index (χ0) is 16.2. The lowest BCUT2D eigenvalue weighted by molar-refractivity contribution is -0.117. The van der Waals surface area contributed by atoms with Gasteiger partial charge in [0.2, 0.25) is 15.9 Å². The maximum absolute atomic E-state index is 12.0. The minimum Gasteiger partial charge on any atom is -0.351 e. The van der Waals surface area contributed by atoms with Crippen molar-refractivity contribution in [1.82, 2.24) is 10.0 Å². The molecule has 0 aliphatic carbocycles. The molecule has 0 atom stereocenters. The van der Waals surface area contributed by atoms with Crippen LogP contribution in [0.25, 0.3) is 10.8 Å². The second-order valence-electron chi connectivity index (χ2n) is 4.79. The average molecular weight is 320 g/mol. The van der Waals surface area contributed by atoms with Gasteiger partial charge in [0, 0.05) is 19.0 Å².